The van der Waals surface area contributed by atoms with Crippen molar-refractivity contribution in [2.75, 3.05) is 6.54 Å². The Bertz CT molecular complexity index is 695. The summed E-state index contributed by atoms with van der Waals surface area (Å²) in [5.74, 6) is -0.686. The number of carboxylic acid groups (broad SMARTS) is 1. The highest BCUT2D eigenvalue weighted by atomic mass is 16.4. The molecule has 1 saturated heterocycles. The van der Waals surface area contributed by atoms with Crippen molar-refractivity contribution in [3.05, 3.63) is 53.9 Å². The molecule has 1 atom stereocenters. The molecule has 0 radical (unpaired) electrons. The van der Waals surface area contributed by atoms with Crippen molar-refractivity contribution in [2.45, 2.75) is 12.3 Å². The van der Waals surface area contributed by atoms with E-state index in [0.717, 1.165) is 16.7 Å². The molecule has 2 aromatic rings. The normalized spacial score (nSPS) is 17.5. The molecular formula is C16H14N2O3. The van der Waals surface area contributed by atoms with E-state index >= 15 is 0 Å². The van der Waals surface area contributed by atoms with Crippen LogP contribution < -0.4 is 5.32 Å². The number of hydrogen-bond donors (Lipinski definition) is 2. The Morgan fingerprint density at radius 3 is 2.57 bits per heavy atom. The molecule has 1 unspecified atom stereocenters. The third-order valence-corrected chi connectivity index (χ3v) is 3.68. The van der Waals surface area contributed by atoms with Crippen LogP contribution in [-0.4, -0.2) is 28.5 Å². The predicted molar refractivity (Wildman–Crippen MR) is 77.0 cm³/mol. The molecule has 0 bridgehead atoms. The molecule has 1 amide bonds. The van der Waals surface area contributed by atoms with Crippen LogP contribution in [0.25, 0.3) is 11.1 Å². The third-order valence-electron chi connectivity index (χ3n) is 3.68. The molecule has 5 nitrogen and oxygen atoms in total. The number of carboxylic acids is 1. The first-order valence-corrected chi connectivity index (χ1v) is 6.69. The summed E-state index contributed by atoms with van der Waals surface area (Å²) >= 11 is 0. The zero-order chi connectivity index (χ0) is 14.8. The van der Waals surface area contributed by atoms with E-state index in [-0.39, 0.29) is 17.4 Å². The van der Waals surface area contributed by atoms with Gasteiger partial charge in [-0.15, -0.1) is 0 Å². The Labute approximate surface area is 121 Å². The van der Waals surface area contributed by atoms with Crippen LogP contribution in [0.4, 0.5) is 0 Å². The second-order valence-electron chi connectivity index (χ2n) is 5.09. The minimum Gasteiger partial charge on any atom is -0.478 e. The molecule has 106 valence electrons. The summed E-state index contributed by atoms with van der Waals surface area (Å²) in [6, 6.07) is 9.42. The lowest BCUT2D eigenvalue weighted by Gasteiger charge is -2.09. The smallest absolute Gasteiger partial charge is 0.337 e. The number of nitrogens with one attached hydrogen (secondary N) is 1. The molecule has 1 aliphatic rings. The highest BCUT2D eigenvalue weighted by Crippen LogP contribution is 2.26. The van der Waals surface area contributed by atoms with Crippen molar-refractivity contribution >= 4 is 11.9 Å². The number of benzene rings is 1. The highest BCUT2D eigenvalue weighted by molar-refractivity contribution is 5.88. The van der Waals surface area contributed by atoms with Gasteiger partial charge in [-0.25, -0.2) is 4.79 Å². The Kier molecular flexibility index (Phi) is 3.39. The number of carbonyl (C=O) groups is 2. The molecule has 1 fully saturated rings. The number of pyridine rings is 1. The number of carbonyl (C=O) groups excluding carboxylic acids is 1. The fraction of sp³-hybridized carbons (Fsp3) is 0.188. The van der Waals surface area contributed by atoms with E-state index in [1.54, 1.807) is 12.3 Å². The maximum absolute atomic E-state index is 11.2. The first-order chi connectivity index (χ1) is 10.1. The minimum absolute atomic E-state index is 0.0856. The zero-order valence-corrected chi connectivity index (χ0v) is 11.2. The average molecular weight is 282 g/mol. The van der Waals surface area contributed by atoms with E-state index in [9.17, 15) is 9.59 Å². The first kappa shape index (κ1) is 13.3. The predicted octanol–water partition coefficient (Wildman–Crippen LogP) is 2.05. The summed E-state index contributed by atoms with van der Waals surface area (Å²) in [5.41, 5.74) is 2.95. The van der Waals surface area contributed by atoms with Gasteiger partial charge >= 0.3 is 5.97 Å². The quantitative estimate of drug-likeness (QED) is 0.903. The molecule has 1 aliphatic heterocycles. The van der Waals surface area contributed by atoms with Crippen molar-refractivity contribution in [2.24, 2.45) is 0 Å². The lowest BCUT2D eigenvalue weighted by Crippen LogP contribution is -2.13. The number of rotatable bonds is 3. The Morgan fingerprint density at radius 2 is 1.95 bits per heavy atom. The first-order valence-electron chi connectivity index (χ1n) is 6.69. The number of nitrogens with zero attached hydrogens (tertiary/aromatic N) is 1. The van der Waals surface area contributed by atoms with E-state index in [0.29, 0.717) is 13.0 Å². The fourth-order valence-corrected chi connectivity index (χ4v) is 2.50. The van der Waals surface area contributed by atoms with Crippen LogP contribution in [-0.2, 0) is 4.79 Å². The molecule has 1 aromatic carbocycles. The monoisotopic (exact) mass is 282 g/mol. The number of hydrogen-bond acceptors (Lipinski definition) is 3. The summed E-state index contributed by atoms with van der Waals surface area (Å²) in [5, 5.41) is 11.8. The summed E-state index contributed by atoms with van der Waals surface area (Å²) in [6.45, 7) is 0.675. The third kappa shape index (κ3) is 2.76. The van der Waals surface area contributed by atoms with Crippen LogP contribution in [0.2, 0.25) is 0 Å². The van der Waals surface area contributed by atoms with E-state index < -0.39 is 5.97 Å². The van der Waals surface area contributed by atoms with E-state index in [1.165, 1.54) is 6.20 Å². The molecule has 5 heteroatoms. The zero-order valence-electron chi connectivity index (χ0n) is 11.2. The Morgan fingerprint density at radius 1 is 1.19 bits per heavy atom. The van der Waals surface area contributed by atoms with Gasteiger partial charge in [-0.3, -0.25) is 9.78 Å². The summed E-state index contributed by atoms with van der Waals surface area (Å²) in [4.78, 5) is 26.2. The Balaban J connectivity index is 1.85. The Hall–Kier alpha value is -2.69. The van der Waals surface area contributed by atoms with Crippen molar-refractivity contribution in [1.29, 1.82) is 0 Å². The molecule has 0 aliphatic carbocycles. The van der Waals surface area contributed by atoms with E-state index in [2.05, 4.69) is 10.3 Å². The average Bonchev–Trinajstić information content (AvgIpc) is 2.94. The second kappa shape index (κ2) is 5.36. The molecule has 2 heterocycles. The van der Waals surface area contributed by atoms with Gasteiger partial charge in [-0.05, 0) is 17.2 Å². The van der Waals surface area contributed by atoms with Gasteiger partial charge in [-0.2, -0.15) is 0 Å². The SMILES string of the molecule is O=C1CC(c2ccc(-c3cncc(C(=O)O)c3)cc2)CN1. The van der Waals surface area contributed by atoms with Crippen LogP contribution in [0, 0.1) is 0 Å². The van der Waals surface area contributed by atoms with Crippen LogP contribution in [0.1, 0.15) is 28.3 Å². The van der Waals surface area contributed by atoms with E-state index in [4.69, 9.17) is 5.11 Å². The van der Waals surface area contributed by atoms with Crippen LogP contribution in [0.15, 0.2) is 42.7 Å². The summed E-state index contributed by atoms with van der Waals surface area (Å²) in [6.07, 6.45) is 3.49. The van der Waals surface area contributed by atoms with Gasteiger partial charge in [-0.1, -0.05) is 24.3 Å². The van der Waals surface area contributed by atoms with Gasteiger partial charge in [0.2, 0.25) is 5.91 Å². The van der Waals surface area contributed by atoms with Gasteiger partial charge in [0, 0.05) is 36.8 Å². The van der Waals surface area contributed by atoms with Gasteiger partial charge in [0.25, 0.3) is 0 Å². The standard InChI is InChI=1S/C16H14N2O3/c19-15-6-13(9-18-15)11-3-1-10(2-4-11)12-5-14(16(20)21)8-17-7-12/h1-5,7-8,13H,6,9H2,(H,18,19)(H,20,21). The number of aromatic nitrogens is 1. The lowest BCUT2D eigenvalue weighted by atomic mass is 9.96. The molecule has 0 spiro atoms. The van der Waals surface area contributed by atoms with Crippen molar-refractivity contribution < 1.29 is 14.7 Å². The maximum atomic E-state index is 11.2. The summed E-state index contributed by atoms with van der Waals surface area (Å²) < 4.78 is 0. The van der Waals surface area contributed by atoms with Crippen LogP contribution in [0.5, 0.6) is 0 Å². The lowest BCUT2D eigenvalue weighted by molar-refractivity contribution is -0.119. The second-order valence-corrected chi connectivity index (χ2v) is 5.09. The van der Waals surface area contributed by atoms with E-state index in [1.807, 2.05) is 24.3 Å². The molecule has 1 aromatic heterocycles. The maximum Gasteiger partial charge on any atom is 0.337 e. The minimum atomic E-state index is -0.989. The molecule has 2 N–H and O–H groups in total. The van der Waals surface area contributed by atoms with Gasteiger partial charge in [0.15, 0.2) is 0 Å². The topological polar surface area (TPSA) is 79.3 Å². The van der Waals surface area contributed by atoms with Crippen molar-refractivity contribution in [1.82, 2.24) is 10.3 Å². The number of amides is 1. The van der Waals surface area contributed by atoms with Gasteiger partial charge in [0.05, 0.1) is 5.56 Å². The van der Waals surface area contributed by atoms with Crippen molar-refractivity contribution in [3.8, 4) is 11.1 Å². The molecule has 0 saturated carbocycles. The molecule has 3 rings (SSSR count). The number of aromatic carboxylic acids is 1. The molecular weight excluding hydrogens is 268 g/mol. The fourth-order valence-electron chi connectivity index (χ4n) is 2.50. The summed E-state index contributed by atoms with van der Waals surface area (Å²) in [7, 11) is 0. The molecule has 21 heavy (non-hydrogen) atoms. The van der Waals surface area contributed by atoms with Crippen molar-refractivity contribution in [3.63, 3.8) is 0 Å². The van der Waals surface area contributed by atoms with Crippen LogP contribution in [0.3, 0.4) is 0 Å². The van der Waals surface area contributed by atoms with Gasteiger partial charge in [0.1, 0.15) is 0 Å². The highest BCUT2D eigenvalue weighted by Gasteiger charge is 2.22. The van der Waals surface area contributed by atoms with Gasteiger partial charge < -0.3 is 10.4 Å². The largest absolute Gasteiger partial charge is 0.478 e. The van der Waals surface area contributed by atoms with Crippen LogP contribution >= 0.6 is 0 Å².